The minimum Gasteiger partial charge on any atom is -0.387 e. The summed E-state index contributed by atoms with van der Waals surface area (Å²) in [5.41, 5.74) is 1.18. The molecule has 0 radical (unpaired) electrons. The highest BCUT2D eigenvalue weighted by Crippen LogP contribution is 2.25. The normalized spacial score (nSPS) is 19.7. The van der Waals surface area contributed by atoms with E-state index in [9.17, 15) is 5.11 Å². The molecule has 1 heterocycles. The lowest BCUT2D eigenvalue weighted by atomic mass is 9.89. The summed E-state index contributed by atoms with van der Waals surface area (Å²) in [5, 5.41) is 13.3. The van der Waals surface area contributed by atoms with Crippen LogP contribution in [0.25, 0.3) is 0 Å². The van der Waals surface area contributed by atoms with Crippen LogP contribution in [0.15, 0.2) is 28.7 Å². The number of rotatable bonds is 5. The van der Waals surface area contributed by atoms with Crippen molar-refractivity contribution in [2.45, 2.75) is 13.0 Å². The highest BCUT2D eigenvalue weighted by atomic mass is 79.9. The third-order valence-corrected chi connectivity index (χ3v) is 3.52. The van der Waals surface area contributed by atoms with Crippen LogP contribution in [0.2, 0.25) is 0 Å². The van der Waals surface area contributed by atoms with Gasteiger partial charge in [0.1, 0.15) is 0 Å². The monoisotopic (exact) mass is 299 g/mol. The summed E-state index contributed by atoms with van der Waals surface area (Å²) in [6, 6.07) is 7.77. The highest BCUT2D eigenvalue weighted by Gasteiger charge is 2.32. The summed E-state index contributed by atoms with van der Waals surface area (Å²) >= 11 is 3.40. The van der Waals surface area contributed by atoms with E-state index in [4.69, 9.17) is 4.74 Å². The van der Waals surface area contributed by atoms with Gasteiger partial charge in [-0.1, -0.05) is 35.0 Å². The molecule has 0 spiro atoms. The Kier molecular flexibility index (Phi) is 4.20. The molecule has 0 aromatic heterocycles. The van der Waals surface area contributed by atoms with Crippen molar-refractivity contribution in [1.82, 2.24) is 5.32 Å². The first-order valence-electron chi connectivity index (χ1n) is 5.81. The lowest BCUT2D eigenvalue weighted by molar-refractivity contribution is -0.0996. The minimum atomic E-state index is -0.461. The Labute approximate surface area is 110 Å². The molecule has 4 heteroatoms. The molecule has 1 aromatic carbocycles. The van der Waals surface area contributed by atoms with E-state index >= 15 is 0 Å². The molecule has 0 saturated carbocycles. The van der Waals surface area contributed by atoms with Gasteiger partial charge in [0.2, 0.25) is 0 Å². The van der Waals surface area contributed by atoms with Gasteiger partial charge in [0.05, 0.1) is 19.3 Å². The first kappa shape index (κ1) is 13.0. The van der Waals surface area contributed by atoms with E-state index in [1.165, 1.54) is 0 Å². The largest absolute Gasteiger partial charge is 0.387 e. The van der Waals surface area contributed by atoms with Gasteiger partial charge < -0.3 is 15.2 Å². The third kappa shape index (κ3) is 3.52. The molecule has 1 aliphatic heterocycles. The van der Waals surface area contributed by atoms with Crippen LogP contribution in [0.3, 0.4) is 0 Å². The van der Waals surface area contributed by atoms with Gasteiger partial charge in [0.25, 0.3) is 0 Å². The van der Waals surface area contributed by atoms with E-state index in [2.05, 4.69) is 28.2 Å². The van der Waals surface area contributed by atoms with E-state index in [0.29, 0.717) is 6.54 Å². The molecule has 94 valence electrons. The van der Waals surface area contributed by atoms with Crippen molar-refractivity contribution in [3.63, 3.8) is 0 Å². The number of aliphatic hydroxyl groups is 1. The van der Waals surface area contributed by atoms with Gasteiger partial charge in [-0.2, -0.15) is 0 Å². The van der Waals surface area contributed by atoms with Crippen LogP contribution in [-0.4, -0.2) is 31.4 Å². The van der Waals surface area contributed by atoms with E-state index < -0.39 is 6.10 Å². The number of halogens is 1. The first-order chi connectivity index (χ1) is 8.09. The molecular formula is C13H18BrNO2. The van der Waals surface area contributed by atoms with Crippen molar-refractivity contribution < 1.29 is 9.84 Å². The molecule has 2 rings (SSSR count). The summed E-state index contributed by atoms with van der Waals surface area (Å²) < 4.78 is 6.18. The number of hydrogen-bond acceptors (Lipinski definition) is 3. The van der Waals surface area contributed by atoms with E-state index in [1.807, 2.05) is 24.3 Å². The second kappa shape index (κ2) is 5.48. The van der Waals surface area contributed by atoms with Crippen LogP contribution < -0.4 is 5.32 Å². The van der Waals surface area contributed by atoms with Crippen molar-refractivity contribution in [2.24, 2.45) is 5.41 Å². The molecule has 2 N–H and O–H groups in total. The average molecular weight is 300 g/mol. The van der Waals surface area contributed by atoms with Crippen molar-refractivity contribution in [2.75, 3.05) is 26.3 Å². The molecule has 1 unspecified atom stereocenters. The molecule has 0 bridgehead atoms. The number of benzene rings is 1. The summed E-state index contributed by atoms with van der Waals surface area (Å²) in [4.78, 5) is 0. The molecule has 0 amide bonds. The molecule has 0 aliphatic carbocycles. The molecule has 1 atom stereocenters. The van der Waals surface area contributed by atoms with Crippen molar-refractivity contribution in [1.29, 1.82) is 0 Å². The maximum absolute atomic E-state index is 10.0. The quantitative estimate of drug-likeness (QED) is 0.875. The predicted molar refractivity (Wildman–Crippen MR) is 70.9 cm³/mol. The Morgan fingerprint density at radius 1 is 1.53 bits per heavy atom. The SMILES string of the molecule is CC1(CNCC(O)c2cccc(Br)c2)COC1. The number of ether oxygens (including phenoxy) is 1. The average Bonchev–Trinajstić information content (AvgIpc) is 2.26. The third-order valence-electron chi connectivity index (χ3n) is 3.02. The zero-order chi connectivity index (χ0) is 12.3. The Morgan fingerprint density at radius 3 is 2.88 bits per heavy atom. The maximum Gasteiger partial charge on any atom is 0.0914 e. The van der Waals surface area contributed by atoms with E-state index in [-0.39, 0.29) is 5.41 Å². The van der Waals surface area contributed by atoms with Crippen LogP contribution in [0.5, 0.6) is 0 Å². The van der Waals surface area contributed by atoms with Crippen LogP contribution in [0.1, 0.15) is 18.6 Å². The van der Waals surface area contributed by atoms with Gasteiger partial charge in [-0.25, -0.2) is 0 Å². The van der Waals surface area contributed by atoms with Gasteiger partial charge in [-0.3, -0.25) is 0 Å². The zero-order valence-electron chi connectivity index (χ0n) is 9.95. The Balaban J connectivity index is 1.79. The zero-order valence-corrected chi connectivity index (χ0v) is 11.5. The molecule has 17 heavy (non-hydrogen) atoms. The Morgan fingerprint density at radius 2 is 2.29 bits per heavy atom. The fourth-order valence-electron chi connectivity index (χ4n) is 1.89. The summed E-state index contributed by atoms with van der Waals surface area (Å²) in [5.74, 6) is 0. The van der Waals surface area contributed by atoms with Gasteiger partial charge in [0, 0.05) is 23.0 Å². The molecule has 1 aliphatic rings. The van der Waals surface area contributed by atoms with Crippen LogP contribution in [-0.2, 0) is 4.74 Å². The number of aliphatic hydroxyl groups excluding tert-OH is 1. The fraction of sp³-hybridized carbons (Fsp3) is 0.538. The second-order valence-electron chi connectivity index (χ2n) is 5.01. The smallest absolute Gasteiger partial charge is 0.0914 e. The second-order valence-corrected chi connectivity index (χ2v) is 5.92. The van der Waals surface area contributed by atoms with E-state index in [0.717, 1.165) is 29.8 Å². The lowest BCUT2D eigenvalue weighted by Crippen LogP contribution is -2.47. The van der Waals surface area contributed by atoms with E-state index in [1.54, 1.807) is 0 Å². The summed E-state index contributed by atoms with van der Waals surface area (Å²) in [6.45, 7) is 5.28. The standard InChI is InChI=1S/C13H18BrNO2/c1-13(8-17-9-13)7-15-6-12(16)10-3-2-4-11(14)5-10/h2-5,12,15-16H,6-9H2,1H3. The van der Waals surface area contributed by atoms with Crippen LogP contribution in [0, 0.1) is 5.41 Å². The van der Waals surface area contributed by atoms with Crippen molar-refractivity contribution in [3.8, 4) is 0 Å². The number of hydrogen-bond donors (Lipinski definition) is 2. The summed E-state index contributed by atoms with van der Waals surface area (Å²) in [7, 11) is 0. The minimum absolute atomic E-state index is 0.247. The van der Waals surface area contributed by atoms with Gasteiger partial charge in [-0.15, -0.1) is 0 Å². The fourth-order valence-corrected chi connectivity index (χ4v) is 2.31. The van der Waals surface area contributed by atoms with Crippen molar-refractivity contribution >= 4 is 15.9 Å². The Hall–Kier alpha value is -0.420. The summed E-state index contributed by atoms with van der Waals surface area (Å²) in [6.07, 6.45) is -0.461. The topological polar surface area (TPSA) is 41.5 Å². The molecule has 3 nitrogen and oxygen atoms in total. The van der Waals surface area contributed by atoms with Crippen LogP contribution >= 0.6 is 15.9 Å². The molecule has 1 saturated heterocycles. The van der Waals surface area contributed by atoms with Gasteiger partial charge >= 0.3 is 0 Å². The molecule has 1 aromatic rings. The first-order valence-corrected chi connectivity index (χ1v) is 6.60. The predicted octanol–water partition coefficient (Wildman–Crippen LogP) is 2.11. The van der Waals surface area contributed by atoms with Gasteiger partial charge in [-0.05, 0) is 17.7 Å². The maximum atomic E-state index is 10.0. The molecular weight excluding hydrogens is 282 g/mol. The highest BCUT2D eigenvalue weighted by molar-refractivity contribution is 9.10. The lowest BCUT2D eigenvalue weighted by Gasteiger charge is -2.38. The van der Waals surface area contributed by atoms with Crippen LogP contribution in [0.4, 0.5) is 0 Å². The molecule has 1 fully saturated rings. The van der Waals surface area contributed by atoms with Crippen molar-refractivity contribution in [3.05, 3.63) is 34.3 Å². The van der Waals surface area contributed by atoms with Gasteiger partial charge in [0.15, 0.2) is 0 Å². The number of nitrogens with one attached hydrogen (secondary N) is 1. The Bertz CT molecular complexity index is 379.